The molecule has 0 radical (unpaired) electrons. The number of hydrogen-bond acceptors (Lipinski definition) is 3. The van der Waals surface area contributed by atoms with Crippen molar-refractivity contribution < 1.29 is 9.21 Å². The summed E-state index contributed by atoms with van der Waals surface area (Å²) >= 11 is 0. The maximum absolute atomic E-state index is 11.8. The van der Waals surface area contributed by atoms with Crippen LogP contribution in [0.2, 0.25) is 0 Å². The molecule has 0 saturated carbocycles. The highest BCUT2D eigenvalue weighted by atomic mass is 16.3. The first kappa shape index (κ1) is 12.2. The standard InChI is InChI=1S/C14H16N2O2/c1-10-8-13(18-9-10)14(17)15-11-4-6-12(7-5-11)16(2)3/h4-9H,1-3H3,(H,15,17). The van der Waals surface area contributed by atoms with Crippen LogP contribution in [0.4, 0.5) is 11.4 Å². The lowest BCUT2D eigenvalue weighted by Crippen LogP contribution is -2.11. The third-order valence-corrected chi connectivity index (χ3v) is 2.60. The number of aryl methyl sites for hydroxylation is 1. The van der Waals surface area contributed by atoms with Crippen LogP contribution in [0.5, 0.6) is 0 Å². The van der Waals surface area contributed by atoms with Crippen LogP contribution in [0.25, 0.3) is 0 Å². The summed E-state index contributed by atoms with van der Waals surface area (Å²) in [7, 11) is 3.94. The second kappa shape index (κ2) is 4.96. The van der Waals surface area contributed by atoms with Crippen molar-refractivity contribution in [3.05, 3.63) is 47.9 Å². The first-order chi connectivity index (χ1) is 8.56. The number of hydrogen-bond donors (Lipinski definition) is 1. The average molecular weight is 244 g/mol. The summed E-state index contributed by atoms with van der Waals surface area (Å²) in [4.78, 5) is 13.8. The van der Waals surface area contributed by atoms with Crippen molar-refractivity contribution in [2.75, 3.05) is 24.3 Å². The number of nitrogens with one attached hydrogen (secondary N) is 1. The fourth-order valence-electron chi connectivity index (χ4n) is 1.59. The van der Waals surface area contributed by atoms with E-state index in [2.05, 4.69) is 5.32 Å². The van der Waals surface area contributed by atoms with E-state index in [0.29, 0.717) is 5.76 Å². The Bertz CT molecular complexity index is 541. The average Bonchev–Trinajstić information content (AvgIpc) is 2.76. The smallest absolute Gasteiger partial charge is 0.291 e. The van der Waals surface area contributed by atoms with E-state index >= 15 is 0 Å². The van der Waals surface area contributed by atoms with Crippen molar-refractivity contribution in [2.24, 2.45) is 0 Å². The first-order valence-corrected chi connectivity index (χ1v) is 5.70. The number of benzene rings is 1. The molecular weight excluding hydrogens is 228 g/mol. The molecular formula is C14H16N2O2. The van der Waals surface area contributed by atoms with E-state index in [-0.39, 0.29) is 5.91 Å². The zero-order chi connectivity index (χ0) is 13.1. The Balaban J connectivity index is 2.07. The van der Waals surface area contributed by atoms with Crippen LogP contribution < -0.4 is 10.2 Å². The van der Waals surface area contributed by atoms with Gasteiger partial charge in [0.1, 0.15) is 0 Å². The van der Waals surface area contributed by atoms with Crippen molar-refractivity contribution in [3.63, 3.8) is 0 Å². The van der Waals surface area contributed by atoms with Gasteiger partial charge < -0.3 is 14.6 Å². The van der Waals surface area contributed by atoms with Crippen LogP contribution in [0.3, 0.4) is 0 Å². The van der Waals surface area contributed by atoms with Crippen molar-refractivity contribution in [3.8, 4) is 0 Å². The van der Waals surface area contributed by atoms with Crippen LogP contribution in [0.15, 0.2) is 41.0 Å². The first-order valence-electron chi connectivity index (χ1n) is 5.70. The molecule has 1 aromatic heterocycles. The van der Waals surface area contributed by atoms with Gasteiger partial charge in [-0.05, 0) is 42.8 Å². The van der Waals surface area contributed by atoms with Gasteiger partial charge in [-0.1, -0.05) is 0 Å². The van der Waals surface area contributed by atoms with E-state index in [0.717, 1.165) is 16.9 Å². The molecule has 1 N–H and O–H groups in total. The zero-order valence-electron chi connectivity index (χ0n) is 10.7. The molecule has 2 aromatic rings. The number of amides is 1. The van der Waals surface area contributed by atoms with Gasteiger partial charge in [-0.3, -0.25) is 4.79 Å². The normalized spacial score (nSPS) is 10.2. The predicted octanol–water partition coefficient (Wildman–Crippen LogP) is 2.91. The van der Waals surface area contributed by atoms with Crippen molar-refractivity contribution in [2.45, 2.75) is 6.92 Å². The zero-order valence-corrected chi connectivity index (χ0v) is 10.7. The van der Waals surface area contributed by atoms with E-state index in [9.17, 15) is 4.79 Å². The Morgan fingerprint density at radius 3 is 2.39 bits per heavy atom. The molecule has 1 amide bonds. The highest BCUT2D eigenvalue weighted by Gasteiger charge is 2.10. The number of carbonyl (C=O) groups excluding carboxylic acids is 1. The molecule has 0 atom stereocenters. The van der Waals surface area contributed by atoms with Gasteiger partial charge in [0.15, 0.2) is 5.76 Å². The van der Waals surface area contributed by atoms with Crippen LogP contribution in [0.1, 0.15) is 16.1 Å². The monoisotopic (exact) mass is 244 g/mol. The maximum atomic E-state index is 11.8. The van der Waals surface area contributed by atoms with Gasteiger partial charge in [0.05, 0.1) is 6.26 Å². The maximum Gasteiger partial charge on any atom is 0.291 e. The molecule has 0 aliphatic heterocycles. The van der Waals surface area contributed by atoms with E-state index in [4.69, 9.17) is 4.42 Å². The minimum absolute atomic E-state index is 0.235. The third-order valence-electron chi connectivity index (χ3n) is 2.60. The summed E-state index contributed by atoms with van der Waals surface area (Å²) < 4.78 is 5.14. The number of nitrogens with zero attached hydrogens (tertiary/aromatic N) is 1. The molecule has 0 saturated heterocycles. The molecule has 1 heterocycles. The predicted molar refractivity (Wildman–Crippen MR) is 72.2 cm³/mol. The molecule has 0 fully saturated rings. The molecule has 18 heavy (non-hydrogen) atoms. The van der Waals surface area contributed by atoms with E-state index in [1.54, 1.807) is 12.3 Å². The van der Waals surface area contributed by atoms with Gasteiger partial charge in [0, 0.05) is 25.5 Å². The Morgan fingerprint density at radius 1 is 1.22 bits per heavy atom. The Kier molecular flexibility index (Phi) is 3.37. The van der Waals surface area contributed by atoms with Crippen molar-refractivity contribution >= 4 is 17.3 Å². The van der Waals surface area contributed by atoms with Crippen LogP contribution in [-0.4, -0.2) is 20.0 Å². The molecule has 0 bridgehead atoms. The van der Waals surface area contributed by atoms with Gasteiger partial charge in [-0.2, -0.15) is 0 Å². The van der Waals surface area contributed by atoms with E-state index in [1.165, 1.54) is 0 Å². The number of rotatable bonds is 3. The van der Waals surface area contributed by atoms with Gasteiger partial charge in [-0.25, -0.2) is 0 Å². The fourth-order valence-corrected chi connectivity index (χ4v) is 1.59. The summed E-state index contributed by atoms with van der Waals surface area (Å²) in [6.45, 7) is 1.88. The Hall–Kier alpha value is -2.23. The van der Waals surface area contributed by atoms with Crippen LogP contribution >= 0.6 is 0 Å². The lowest BCUT2D eigenvalue weighted by molar-refractivity contribution is 0.0996. The van der Waals surface area contributed by atoms with Gasteiger partial charge in [0.25, 0.3) is 5.91 Å². The molecule has 0 unspecified atom stereocenters. The lowest BCUT2D eigenvalue weighted by Gasteiger charge is -2.12. The topological polar surface area (TPSA) is 45.5 Å². The largest absolute Gasteiger partial charge is 0.459 e. The fraction of sp³-hybridized carbons (Fsp3) is 0.214. The molecule has 94 valence electrons. The third kappa shape index (κ3) is 2.71. The Morgan fingerprint density at radius 2 is 1.89 bits per heavy atom. The highest BCUT2D eigenvalue weighted by molar-refractivity contribution is 6.02. The highest BCUT2D eigenvalue weighted by Crippen LogP contribution is 2.17. The lowest BCUT2D eigenvalue weighted by atomic mass is 10.2. The number of carbonyl (C=O) groups is 1. The second-order valence-electron chi connectivity index (χ2n) is 4.38. The summed E-state index contributed by atoms with van der Waals surface area (Å²) in [6, 6.07) is 9.33. The van der Waals surface area contributed by atoms with Crippen molar-refractivity contribution in [1.29, 1.82) is 0 Å². The summed E-state index contributed by atoms with van der Waals surface area (Å²) in [5, 5.41) is 2.79. The second-order valence-corrected chi connectivity index (χ2v) is 4.38. The van der Waals surface area contributed by atoms with Gasteiger partial charge >= 0.3 is 0 Å². The molecule has 0 aliphatic carbocycles. The van der Waals surface area contributed by atoms with Crippen LogP contribution in [0, 0.1) is 6.92 Å². The Labute approximate surface area is 106 Å². The minimum atomic E-state index is -0.235. The molecule has 2 rings (SSSR count). The minimum Gasteiger partial charge on any atom is -0.459 e. The number of anilines is 2. The van der Waals surface area contributed by atoms with Gasteiger partial charge in [-0.15, -0.1) is 0 Å². The number of furan rings is 1. The van der Waals surface area contributed by atoms with E-state index < -0.39 is 0 Å². The summed E-state index contributed by atoms with van der Waals surface area (Å²) in [6.07, 6.45) is 1.56. The summed E-state index contributed by atoms with van der Waals surface area (Å²) in [5.41, 5.74) is 2.77. The van der Waals surface area contributed by atoms with E-state index in [1.807, 2.05) is 50.2 Å². The molecule has 4 heteroatoms. The molecule has 4 nitrogen and oxygen atoms in total. The van der Waals surface area contributed by atoms with Gasteiger partial charge in [0.2, 0.25) is 0 Å². The van der Waals surface area contributed by atoms with Crippen LogP contribution in [-0.2, 0) is 0 Å². The SMILES string of the molecule is Cc1coc(C(=O)Nc2ccc(N(C)C)cc2)c1. The quantitative estimate of drug-likeness (QED) is 0.903. The van der Waals surface area contributed by atoms with Crippen molar-refractivity contribution in [1.82, 2.24) is 0 Å². The molecule has 1 aromatic carbocycles. The summed E-state index contributed by atoms with van der Waals surface area (Å²) in [5.74, 6) is 0.0879. The molecule has 0 aliphatic rings. The molecule has 0 spiro atoms.